The van der Waals surface area contributed by atoms with Crippen LogP contribution in [0, 0.1) is 6.92 Å². The summed E-state index contributed by atoms with van der Waals surface area (Å²) in [6.07, 6.45) is 0. The van der Waals surface area contributed by atoms with Crippen LogP contribution in [0.15, 0.2) is 66.7 Å². The molecule has 0 spiro atoms. The smallest absolute Gasteiger partial charge is 0.241 e. The number of likely N-dealkylation sites (N-methyl/N-ethyl adjacent to an activating group) is 1. The van der Waals surface area contributed by atoms with Crippen molar-refractivity contribution in [1.82, 2.24) is 4.90 Å². The third kappa shape index (κ3) is 3.74. The number of hydrogen-bond donors (Lipinski definition) is 1. The van der Waals surface area contributed by atoms with E-state index in [0.29, 0.717) is 13.1 Å². The highest BCUT2D eigenvalue weighted by molar-refractivity contribution is 5.87. The minimum absolute atomic E-state index is 0.0754. The van der Waals surface area contributed by atoms with Crippen molar-refractivity contribution in [3.63, 3.8) is 0 Å². The second-order valence-electron chi connectivity index (χ2n) is 6.09. The largest absolute Gasteiger partial charge is 0.376 e. The van der Waals surface area contributed by atoms with Crippen LogP contribution in [0.5, 0.6) is 0 Å². The zero-order valence-corrected chi connectivity index (χ0v) is 14.1. The summed E-state index contributed by atoms with van der Waals surface area (Å²) in [6.45, 7) is 2.99. The molecule has 0 aliphatic heterocycles. The highest BCUT2D eigenvalue weighted by atomic mass is 16.2. The molecule has 0 unspecified atom stereocenters. The van der Waals surface area contributed by atoms with Crippen LogP contribution in [-0.2, 0) is 11.3 Å². The van der Waals surface area contributed by atoms with E-state index in [-0.39, 0.29) is 5.91 Å². The topological polar surface area (TPSA) is 32.3 Å². The second kappa shape index (κ2) is 7.18. The fraction of sp³-hybridized carbons (Fsp3) is 0.190. The third-order valence-electron chi connectivity index (χ3n) is 4.29. The number of carbonyl (C=O) groups is 1. The zero-order valence-electron chi connectivity index (χ0n) is 14.1. The Morgan fingerprint density at radius 2 is 1.67 bits per heavy atom. The van der Waals surface area contributed by atoms with Gasteiger partial charge in [-0.05, 0) is 41.0 Å². The molecular weight excluding hydrogens is 296 g/mol. The van der Waals surface area contributed by atoms with Crippen LogP contribution >= 0.6 is 0 Å². The molecule has 0 aliphatic rings. The average molecular weight is 318 g/mol. The number of benzene rings is 3. The van der Waals surface area contributed by atoms with E-state index in [1.807, 2.05) is 37.4 Å². The maximum Gasteiger partial charge on any atom is 0.241 e. The number of aryl methyl sites for hydroxylation is 1. The molecule has 0 aliphatic carbocycles. The molecule has 0 bridgehead atoms. The van der Waals surface area contributed by atoms with Crippen molar-refractivity contribution < 1.29 is 4.79 Å². The van der Waals surface area contributed by atoms with Crippen molar-refractivity contribution in [2.75, 3.05) is 18.9 Å². The summed E-state index contributed by atoms with van der Waals surface area (Å²) in [5.41, 5.74) is 3.35. The summed E-state index contributed by atoms with van der Waals surface area (Å²) in [7, 11) is 1.84. The molecule has 0 fully saturated rings. The van der Waals surface area contributed by atoms with Crippen molar-refractivity contribution >= 4 is 22.4 Å². The predicted molar refractivity (Wildman–Crippen MR) is 100 cm³/mol. The van der Waals surface area contributed by atoms with Gasteiger partial charge in [0.05, 0.1) is 6.54 Å². The molecule has 0 heterocycles. The van der Waals surface area contributed by atoms with Gasteiger partial charge in [-0.15, -0.1) is 0 Å². The maximum absolute atomic E-state index is 12.4. The Bertz CT molecular complexity index is 857. The van der Waals surface area contributed by atoms with E-state index in [2.05, 4.69) is 48.6 Å². The lowest BCUT2D eigenvalue weighted by molar-refractivity contribution is -0.128. The summed E-state index contributed by atoms with van der Waals surface area (Å²) >= 11 is 0. The van der Waals surface area contributed by atoms with Crippen molar-refractivity contribution in [3.05, 3.63) is 77.9 Å². The van der Waals surface area contributed by atoms with Gasteiger partial charge in [0.15, 0.2) is 0 Å². The Balaban J connectivity index is 1.60. The standard InChI is InChI=1S/C21H22N2O/c1-16-7-3-4-10-19(16)15-23(2)21(24)14-22-20-12-11-17-8-5-6-9-18(17)13-20/h3-13,22H,14-15H2,1-2H3. The summed E-state index contributed by atoms with van der Waals surface area (Å²) in [5.74, 6) is 0.0754. The quantitative estimate of drug-likeness (QED) is 0.764. The van der Waals surface area contributed by atoms with Gasteiger partial charge in [0.2, 0.25) is 5.91 Å². The molecule has 0 radical (unpaired) electrons. The Morgan fingerprint density at radius 1 is 0.958 bits per heavy atom. The molecule has 0 atom stereocenters. The number of carbonyl (C=O) groups excluding carboxylic acids is 1. The van der Waals surface area contributed by atoms with Gasteiger partial charge in [0.1, 0.15) is 0 Å². The van der Waals surface area contributed by atoms with Crippen LogP contribution in [0.25, 0.3) is 10.8 Å². The molecule has 0 saturated carbocycles. The lowest BCUT2D eigenvalue weighted by Crippen LogP contribution is -2.31. The number of fused-ring (bicyclic) bond motifs is 1. The van der Waals surface area contributed by atoms with E-state index >= 15 is 0 Å². The van der Waals surface area contributed by atoms with Crippen LogP contribution in [0.4, 0.5) is 5.69 Å². The first kappa shape index (κ1) is 16.1. The molecule has 3 rings (SSSR count). The molecular formula is C21H22N2O. The monoisotopic (exact) mass is 318 g/mol. The molecule has 3 aromatic rings. The van der Waals surface area contributed by atoms with Crippen LogP contribution in [0.2, 0.25) is 0 Å². The van der Waals surface area contributed by atoms with Crippen molar-refractivity contribution in [2.24, 2.45) is 0 Å². The minimum Gasteiger partial charge on any atom is -0.376 e. The Kier molecular flexibility index (Phi) is 4.80. The molecule has 122 valence electrons. The van der Waals surface area contributed by atoms with Gasteiger partial charge in [-0.2, -0.15) is 0 Å². The molecule has 3 aromatic carbocycles. The number of hydrogen-bond acceptors (Lipinski definition) is 2. The van der Waals surface area contributed by atoms with Crippen LogP contribution in [0.3, 0.4) is 0 Å². The lowest BCUT2D eigenvalue weighted by atomic mass is 10.1. The molecule has 3 heteroatoms. The molecule has 24 heavy (non-hydrogen) atoms. The zero-order chi connectivity index (χ0) is 16.9. The van der Waals surface area contributed by atoms with Gasteiger partial charge >= 0.3 is 0 Å². The second-order valence-corrected chi connectivity index (χ2v) is 6.09. The van der Waals surface area contributed by atoms with Crippen molar-refractivity contribution in [2.45, 2.75) is 13.5 Å². The van der Waals surface area contributed by atoms with Gasteiger partial charge in [-0.25, -0.2) is 0 Å². The number of rotatable bonds is 5. The molecule has 0 saturated heterocycles. The highest BCUT2D eigenvalue weighted by Crippen LogP contribution is 2.18. The highest BCUT2D eigenvalue weighted by Gasteiger charge is 2.10. The van der Waals surface area contributed by atoms with E-state index in [1.54, 1.807) is 4.90 Å². The predicted octanol–water partition coefficient (Wildman–Crippen LogP) is 4.22. The number of anilines is 1. The van der Waals surface area contributed by atoms with Crippen LogP contribution in [-0.4, -0.2) is 24.4 Å². The van der Waals surface area contributed by atoms with E-state index in [4.69, 9.17) is 0 Å². The SMILES string of the molecule is Cc1ccccc1CN(C)C(=O)CNc1ccc2ccccc2c1. The van der Waals surface area contributed by atoms with Crippen molar-refractivity contribution in [1.29, 1.82) is 0 Å². The van der Waals surface area contributed by atoms with Gasteiger partial charge in [0, 0.05) is 19.3 Å². The van der Waals surface area contributed by atoms with E-state index in [0.717, 1.165) is 5.69 Å². The van der Waals surface area contributed by atoms with E-state index in [9.17, 15) is 4.79 Å². The van der Waals surface area contributed by atoms with Gasteiger partial charge in [-0.3, -0.25) is 4.79 Å². The molecule has 3 nitrogen and oxygen atoms in total. The first-order valence-corrected chi connectivity index (χ1v) is 8.14. The fourth-order valence-electron chi connectivity index (χ4n) is 2.74. The minimum atomic E-state index is 0.0754. The Morgan fingerprint density at radius 3 is 2.46 bits per heavy atom. The maximum atomic E-state index is 12.4. The number of amides is 1. The van der Waals surface area contributed by atoms with Crippen LogP contribution < -0.4 is 5.32 Å². The first-order valence-electron chi connectivity index (χ1n) is 8.14. The first-order chi connectivity index (χ1) is 11.6. The summed E-state index contributed by atoms with van der Waals surface area (Å²) in [4.78, 5) is 14.1. The fourth-order valence-corrected chi connectivity index (χ4v) is 2.74. The molecule has 1 amide bonds. The lowest BCUT2D eigenvalue weighted by Gasteiger charge is -2.19. The number of nitrogens with zero attached hydrogens (tertiary/aromatic N) is 1. The van der Waals surface area contributed by atoms with Gasteiger partial charge < -0.3 is 10.2 Å². The average Bonchev–Trinajstić information content (AvgIpc) is 2.61. The van der Waals surface area contributed by atoms with Crippen LogP contribution in [0.1, 0.15) is 11.1 Å². The summed E-state index contributed by atoms with van der Waals surface area (Å²) in [6, 6.07) is 22.5. The van der Waals surface area contributed by atoms with Gasteiger partial charge in [-0.1, -0.05) is 54.6 Å². The molecule has 0 aromatic heterocycles. The number of nitrogens with one attached hydrogen (secondary N) is 1. The summed E-state index contributed by atoms with van der Waals surface area (Å²) in [5, 5.41) is 5.60. The third-order valence-corrected chi connectivity index (χ3v) is 4.29. The summed E-state index contributed by atoms with van der Waals surface area (Å²) < 4.78 is 0. The van der Waals surface area contributed by atoms with E-state index in [1.165, 1.54) is 21.9 Å². The Hall–Kier alpha value is -2.81. The molecule has 1 N–H and O–H groups in total. The van der Waals surface area contributed by atoms with E-state index < -0.39 is 0 Å². The van der Waals surface area contributed by atoms with Gasteiger partial charge in [0.25, 0.3) is 0 Å². The Labute approximate surface area is 142 Å². The normalized spacial score (nSPS) is 10.6. The van der Waals surface area contributed by atoms with Crippen molar-refractivity contribution in [3.8, 4) is 0 Å².